The second kappa shape index (κ2) is 17.5. The van der Waals surface area contributed by atoms with Crippen molar-refractivity contribution in [1.82, 2.24) is 43.9 Å². The largest absolute Gasteiger partial charge is 0.472 e. The second-order valence-corrected chi connectivity index (χ2v) is 19.2. The van der Waals surface area contributed by atoms with E-state index in [1.54, 1.807) is 49.3 Å². The van der Waals surface area contributed by atoms with Gasteiger partial charge in [0.25, 0.3) is 11.5 Å². The van der Waals surface area contributed by atoms with Crippen molar-refractivity contribution in [3.05, 3.63) is 65.2 Å². The number of aromatic nitrogens is 8. The summed E-state index contributed by atoms with van der Waals surface area (Å²) >= 11 is 5.88. The molecule has 7 heterocycles. The number of halogens is 1. The number of hydrogen-bond donors (Lipinski definition) is 4. The molecule has 63 heavy (non-hydrogen) atoms. The summed E-state index contributed by atoms with van der Waals surface area (Å²) in [6, 6.07) is 10.3. The number of H-pyrrole nitrogens is 1. The Kier molecular flexibility index (Phi) is 12.4. The number of amides is 1. The molecule has 0 radical (unpaired) electrons. The molecule has 24 nitrogen and oxygen atoms in total. The Morgan fingerprint density at radius 1 is 1.19 bits per heavy atom. The first-order valence-electron chi connectivity index (χ1n) is 19.0. The van der Waals surface area contributed by atoms with Crippen LogP contribution in [0.25, 0.3) is 22.3 Å². The number of phosphoric acid groups is 1. The number of carbonyl (C=O) groups excluding carboxylic acids is 1. The van der Waals surface area contributed by atoms with Crippen LogP contribution >= 0.6 is 14.5 Å². The van der Waals surface area contributed by atoms with Crippen LogP contribution in [-0.2, 0) is 48.5 Å². The third kappa shape index (κ3) is 8.80. The number of nitriles is 1. The number of carbonyl (C=O) groups is 1. The number of benzene rings is 1. The molecule has 3 aliphatic heterocycles. The smallest absolute Gasteiger partial charge is 0.393 e. The fourth-order valence-corrected chi connectivity index (χ4v) is 10.6. The van der Waals surface area contributed by atoms with Gasteiger partial charge in [0.15, 0.2) is 40.5 Å². The first-order valence-corrected chi connectivity index (χ1v) is 23.0. The quantitative estimate of drug-likeness (QED) is 0.0677. The van der Waals surface area contributed by atoms with Crippen molar-refractivity contribution in [2.75, 3.05) is 45.8 Å². The van der Waals surface area contributed by atoms with Gasteiger partial charge in [0.2, 0.25) is 5.95 Å². The van der Waals surface area contributed by atoms with E-state index in [0.717, 1.165) is 6.33 Å². The summed E-state index contributed by atoms with van der Waals surface area (Å²) in [6.45, 7) is -5.41. The normalized spacial score (nSPS) is 31.3. The first-order chi connectivity index (χ1) is 30.1. The van der Waals surface area contributed by atoms with E-state index in [2.05, 4.69) is 40.2 Å². The van der Waals surface area contributed by atoms with E-state index in [-0.39, 0.29) is 53.5 Å². The SMILES string of the molecule is CN(C)/C=N/c1nc2c(ncn2[C@H]2C[C@@]3(C)OP(=S)(OCCC#N)OC[C@H]4O[C@@H](n5cnc6c(NC(=O)c7ccccc7)ncnc65)[C@H](F)[C@@H]4OP(=O)(O)OC[C@@]3(CO)O2)c(=O)[nH]1. The van der Waals surface area contributed by atoms with Crippen molar-refractivity contribution in [3.63, 3.8) is 0 Å². The third-order valence-corrected chi connectivity index (χ3v) is 13.8. The number of fused-ring (bicyclic) bond motifs is 4. The molecule has 0 bridgehead atoms. The Labute approximate surface area is 360 Å². The highest BCUT2D eigenvalue weighted by molar-refractivity contribution is 8.07. The second-order valence-electron chi connectivity index (χ2n) is 14.8. The Morgan fingerprint density at radius 2 is 1.95 bits per heavy atom. The van der Waals surface area contributed by atoms with Crippen molar-refractivity contribution in [2.24, 2.45) is 4.99 Å². The lowest BCUT2D eigenvalue weighted by atomic mass is 9.85. The number of hydrogen-bond acceptors (Lipinski definition) is 19. The average molecular weight is 933 g/mol. The van der Waals surface area contributed by atoms with Gasteiger partial charge < -0.3 is 38.7 Å². The highest BCUT2D eigenvalue weighted by atomic mass is 32.5. The minimum absolute atomic E-state index is 0.0130. The number of alkyl halides is 1. The predicted octanol–water partition coefficient (Wildman–Crippen LogP) is 2.78. The van der Waals surface area contributed by atoms with Crippen LogP contribution in [0.15, 0.2) is 59.1 Å². The summed E-state index contributed by atoms with van der Waals surface area (Å²) in [7, 11) is -1.85. The number of aliphatic imine (C=N–C) groups is 1. The molecular weight excluding hydrogens is 893 g/mol. The van der Waals surface area contributed by atoms with Crippen LogP contribution in [0.2, 0.25) is 0 Å². The molecule has 0 aliphatic carbocycles. The van der Waals surface area contributed by atoms with Crippen molar-refractivity contribution >= 4 is 72.7 Å². The molecule has 3 saturated heterocycles. The minimum atomic E-state index is -5.29. The van der Waals surface area contributed by atoms with E-state index in [1.165, 1.54) is 35.1 Å². The van der Waals surface area contributed by atoms with E-state index >= 15 is 4.39 Å². The van der Waals surface area contributed by atoms with E-state index in [1.807, 2.05) is 6.07 Å². The number of aliphatic hydroxyl groups excluding tert-OH is 1. The molecule has 0 saturated carbocycles. The Bertz CT molecular complexity index is 2760. The highest BCUT2D eigenvalue weighted by Crippen LogP contribution is 2.62. The summed E-state index contributed by atoms with van der Waals surface area (Å²) < 4.78 is 75.2. The number of rotatable bonds is 10. The Morgan fingerprint density at radius 3 is 2.70 bits per heavy atom. The van der Waals surface area contributed by atoms with Crippen molar-refractivity contribution in [3.8, 4) is 6.07 Å². The highest BCUT2D eigenvalue weighted by Gasteiger charge is 2.63. The van der Waals surface area contributed by atoms with Crippen LogP contribution in [0, 0.1) is 11.3 Å². The summed E-state index contributed by atoms with van der Waals surface area (Å²) in [5, 5.41) is 23.1. The number of aliphatic hydroxyl groups is 1. The van der Waals surface area contributed by atoms with Crippen LogP contribution in [0.3, 0.4) is 0 Å². The maximum atomic E-state index is 16.8. The van der Waals surface area contributed by atoms with Crippen LogP contribution in [0.1, 0.15) is 42.6 Å². The molecule has 4 aromatic heterocycles. The lowest BCUT2D eigenvalue weighted by Crippen LogP contribution is -2.56. The van der Waals surface area contributed by atoms with Gasteiger partial charge in [-0.2, -0.15) is 10.2 Å². The maximum absolute atomic E-state index is 16.8. The minimum Gasteiger partial charge on any atom is -0.393 e. The van der Waals surface area contributed by atoms with Gasteiger partial charge in [0, 0.05) is 26.1 Å². The van der Waals surface area contributed by atoms with Crippen molar-refractivity contribution in [2.45, 2.75) is 61.8 Å². The summed E-state index contributed by atoms with van der Waals surface area (Å²) in [4.78, 5) is 66.7. The van der Waals surface area contributed by atoms with Gasteiger partial charge in [0.05, 0.1) is 57.9 Å². The van der Waals surface area contributed by atoms with Crippen LogP contribution in [-0.4, -0.2) is 136 Å². The Hall–Kier alpha value is -5.00. The molecule has 28 heteroatoms. The van der Waals surface area contributed by atoms with E-state index in [0.29, 0.717) is 5.56 Å². The fourth-order valence-electron chi connectivity index (χ4n) is 7.17. The molecule has 3 fully saturated rings. The monoisotopic (exact) mass is 932 g/mol. The molecule has 8 rings (SSSR count). The molecule has 1 amide bonds. The zero-order valence-electron chi connectivity index (χ0n) is 33.5. The van der Waals surface area contributed by atoms with Gasteiger partial charge >= 0.3 is 14.5 Å². The van der Waals surface area contributed by atoms with Crippen molar-refractivity contribution in [1.29, 1.82) is 5.26 Å². The van der Waals surface area contributed by atoms with Crippen molar-refractivity contribution < 1.29 is 55.8 Å². The predicted molar refractivity (Wildman–Crippen MR) is 220 cm³/mol. The zero-order chi connectivity index (χ0) is 44.7. The number of nitrogens with zero attached hydrogens (tertiary/aromatic N) is 10. The molecule has 2 unspecified atom stereocenters. The van der Waals surface area contributed by atoms with Gasteiger partial charge in [-0.25, -0.2) is 33.9 Å². The number of anilines is 1. The molecule has 334 valence electrons. The molecule has 9 atom stereocenters. The number of phosphoric ester groups is 1. The lowest BCUT2D eigenvalue weighted by molar-refractivity contribution is -0.174. The fraction of sp³-hybridized carbons (Fsp3) is 0.457. The average Bonchev–Trinajstić information content (AvgIpc) is 4.02. The number of aromatic amines is 1. The van der Waals surface area contributed by atoms with E-state index < -0.39 is 87.9 Å². The molecule has 5 aromatic rings. The molecule has 0 spiro atoms. The zero-order valence-corrected chi connectivity index (χ0v) is 36.1. The summed E-state index contributed by atoms with van der Waals surface area (Å²) in [5.41, 5.74) is -4.10. The van der Waals surface area contributed by atoms with Gasteiger partial charge in [0.1, 0.15) is 36.0 Å². The number of nitrogens with one attached hydrogen (secondary N) is 2. The summed E-state index contributed by atoms with van der Waals surface area (Å²) in [5.74, 6) is -0.539. The van der Waals surface area contributed by atoms with E-state index in [9.17, 15) is 29.4 Å². The molecule has 4 N–H and O–H groups in total. The van der Waals surface area contributed by atoms with Crippen LogP contribution in [0.5, 0.6) is 0 Å². The van der Waals surface area contributed by atoms with Gasteiger partial charge in [-0.3, -0.25) is 37.3 Å². The topological polar surface area (TPSA) is 298 Å². The van der Waals surface area contributed by atoms with E-state index in [4.69, 9.17) is 43.9 Å². The third-order valence-electron chi connectivity index (χ3n) is 10.3. The molecule has 1 aromatic carbocycles. The first kappa shape index (κ1) is 44.6. The maximum Gasteiger partial charge on any atom is 0.472 e. The van der Waals surface area contributed by atoms with Crippen LogP contribution in [0.4, 0.5) is 16.2 Å². The Balaban J connectivity index is 1.11. The van der Waals surface area contributed by atoms with Gasteiger partial charge in [-0.15, -0.1) is 0 Å². The van der Waals surface area contributed by atoms with Gasteiger partial charge in [-0.05, 0) is 30.9 Å². The summed E-state index contributed by atoms with van der Waals surface area (Å²) in [6.07, 6.45) is -3.76. The lowest BCUT2D eigenvalue weighted by Gasteiger charge is -2.42. The van der Waals surface area contributed by atoms with Gasteiger partial charge in [-0.1, -0.05) is 18.2 Å². The standard InChI is InChI=1S/C35H39FN12O12P2S/c1-34-12-22(47-18-41-25-29(47)44-33(45-31(25)51)42-17-46(2)3)58-35(34,14-49)15-56-61(52,53)59-26-21(13-55-62(63,60-34)54-11-7-10-37)57-32(23(26)36)48-19-40-24-27(38-16-39-28(24)48)43-30(50)20-8-5-4-6-9-20/h4-6,8-9,16-19,21-23,26,32,49H,7,11-15H2,1-3H3,(H,52,53)(H,44,45,51)(H,38,39,43,50)/b42-17+/t21-,22-,23-,26-,32-,34-,35-,62?/m1/s1. The molecule has 3 aliphatic rings. The number of ether oxygens (including phenoxy) is 2. The van der Waals surface area contributed by atoms with Crippen LogP contribution < -0.4 is 10.9 Å². The number of imidazole rings is 2. The molecular formula is C35H39FN12O12P2S.